The van der Waals surface area contributed by atoms with Gasteiger partial charge in [0.2, 0.25) is 0 Å². The van der Waals surface area contributed by atoms with Crippen molar-refractivity contribution in [2.75, 3.05) is 11.9 Å². The largest absolute Gasteiger partial charge is 0.368 e. The Bertz CT molecular complexity index is 334. The summed E-state index contributed by atoms with van der Waals surface area (Å²) in [5.74, 6) is 1.58. The molecule has 2 unspecified atom stereocenters. The van der Waals surface area contributed by atoms with Gasteiger partial charge in [-0.15, -0.1) is 0 Å². The summed E-state index contributed by atoms with van der Waals surface area (Å²) in [6, 6.07) is 2.39. The molecule has 17 heavy (non-hydrogen) atoms. The molecule has 0 spiro atoms. The molecular weight excluding hydrogens is 212 g/mol. The lowest BCUT2D eigenvalue weighted by Crippen LogP contribution is -2.33. The lowest BCUT2D eigenvalue weighted by Gasteiger charge is -2.21. The monoisotopic (exact) mass is 236 g/mol. The fourth-order valence-corrected chi connectivity index (χ4v) is 2.53. The van der Waals surface area contributed by atoms with Crippen LogP contribution in [0, 0.1) is 5.92 Å². The van der Waals surface area contributed by atoms with E-state index in [4.69, 9.17) is 5.73 Å². The number of nitrogens with one attached hydrogen (secondary N) is 1. The van der Waals surface area contributed by atoms with Crippen LogP contribution in [0.15, 0.2) is 12.3 Å². The summed E-state index contributed by atoms with van der Waals surface area (Å²) in [4.78, 5) is 0. The fraction of sp³-hybridized carbons (Fsp3) is 0.769. The molecule has 0 aromatic carbocycles. The molecule has 2 rings (SSSR count). The zero-order valence-electron chi connectivity index (χ0n) is 10.7. The molecule has 4 nitrogen and oxygen atoms in total. The fourth-order valence-electron chi connectivity index (χ4n) is 2.53. The van der Waals surface area contributed by atoms with Gasteiger partial charge in [-0.3, -0.25) is 4.68 Å². The van der Waals surface area contributed by atoms with Gasteiger partial charge in [0.25, 0.3) is 0 Å². The Morgan fingerprint density at radius 1 is 1.41 bits per heavy atom. The highest BCUT2D eigenvalue weighted by atomic mass is 15.3. The van der Waals surface area contributed by atoms with Crippen molar-refractivity contribution in [1.82, 2.24) is 9.78 Å². The van der Waals surface area contributed by atoms with Crippen LogP contribution in [0.1, 0.15) is 39.0 Å². The maximum atomic E-state index is 6.21. The predicted octanol–water partition coefficient (Wildman–Crippen LogP) is 2.22. The lowest BCUT2D eigenvalue weighted by atomic mass is 9.95. The van der Waals surface area contributed by atoms with Crippen LogP contribution in [-0.4, -0.2) is 22.4 Å². The van der Waals surface area contributed by atoms with Crippen molar-refractivity contribution in [3.8, 4) is 0 Å². The van der Waals surface area contributed by atoms with E-state index in [0.29, 0.717) is 12.0 Å². The Balaban J connectivity index is 1.83. The number of hydrogen-bond donors (Lipinski definition) is 2. The van der Waals surface area contributed by atoms with Crippen LogP contribution in [0.5, 0.6) is 0 Å². The van der Waals surface area contributed by atoms with Crippen molar-refractivity contribution in [3.63, 3.8) is 0 Å². The first-order valence-corrected chi connectivity index (χ1v) is 6.82. The van der Waals surface area contributed by atoms with Crippen molar-refractivity contribution in [3.05, 3.63) is 12.3 Å². The molecule has 1 aromatic rings. The molecule has 0 saturated heterocycles. The predicted molar refractivity (Wildman–Crippen MR) is 70.9 cm³/mol. The number of nitrogens with two attached hydrogens (primary N) is 1. The molecule has 0 aliphatic heterocycles. The van der Waals surface area contributed by atoms with E-state index < -0.39 is 0 Å². The van der Waals surface area contributed by atoms with Gasteiger partial charge in [-0.2, -0.15) is 5.10 Å². The van der Waals surface area contributed by atoms with Gasteiger partial charge in [0.05, 0.1) is 0 Å². The van der Waals surface area contributed by atoms with Gasteiger partial charge in [-0.1, -0.05) is 19.3 Å². The van der Waals surface area contributed by atoms with Gasteiger partial charge in [0, 0.05) is 31.4 Å². The van der Waals surface area contributed by atoms with Crippen molar-refractivity contribution in [2.24, 2.45) is 11.7 Å². The highest BCUT2D eigenvalue weighted by Gasteiger charge is 2.20. The minimum absolute atomic E-state index is 0.360. The second-order valence-corrected chi connectivity index (χ2v) is 5.00. The van der Waals surface area contributed by atoms with Crippen LogP contribution in [-0.2, 0) is 6.54 Å². The summed E-state index contributed by atoms with van der Waals surface area (Å²) < 4.78 is 1.94. The number of nitrogens with zero attached hydrogens (tertiary/aromatic N) is 2. The molecule has 96 valence electrons. The average molecular weight is 236 g/mol. The molecule has 1 aliphatic carbocycles. The summed E-state index contributed by atoms with van der Waals surface area (Å²) >= 11 is 0. The van der Waals surface area contributed by atoms with Gasteiger partial charge in [-0.05, 0) is 25.7 Å². The zero-order chi connectivity index (χ0) is 12.1. The smallest absolute Gasteiger partial charge is 0.147 e. The molecule has 1 aromatic heterocycles. The number of aryl methyl sites for hydroxylation is 1. The zero-order valence-corrected chi connectivity index (χ0v) is 10.7. The summed E-state index contributed by atoms with van der Waals surface area (Å²) in [6.07, 6.45) is 8.40. The standard InChI is InChI=1S/C13H24N4/c1-2-17-9-8-13(16-17)15-10-11-6-4-3-5-7-12(11)14/h8-9,11-12H,2-7,10,14H2,1H3,(H,15,16). The molecule has 0 amide bonds. The second-order valence-electron chi connectivity index (χ2n) is 5.00. The van der Waals surface area contributed by atoms with Gasteiger partial charge < -0.3 is 11.1 Å². The van der Waals surface area contributed by atoms with Crippen LogP contribution in [0.3, 0.4) is 0 Å². The van der Waals surface area contributed by atoms with Gasteiger partial charge in [0.15, 0.2) is 0 Å². The van der Waals surface area contributed by atoms with Crippen LogP contribution in [0.4, 0.5) is 5.82 Å². The molecule has 0 bridgehead atoms. The van der Waals surface area contributed by atoms with Crippen LogP contribution in [0.25, 0.3) is 0 Å². The van der Waals surface area contributed by atoms with Crippen molar-refractivity contribution in [2.45, 2.75) is 51.6 Å². The quantitative estimate of drug-likeness (QED) is 0.788. The second kappa shape index (κ2) is 6.05. The first-order chi connectivity index (χ1) is 8.29. The Hall–Kier alpha value is -1.03. The summed E-state index contributed by atoms with van der Waals surface area (Å²) in [7, 11) is 0. The Morgan fingerprint density at radius 3 is 3.00 bits per heavy atom. The Labute approximate surface area is 104 Å². The van der Waals surface area contributed by atoms with E-state index in [-0.39, 0.29) is 0 Å². The van der Waals surface area contributed by atoms with E-state index in [1.54, 1.807) is 0 Å². The van der Waals surface area contributed by atoms with E-state index in [1.165, 1.54) is 32.1 Å². The van der Waals surface area contributed by atoms with Gasteiger partial charge in [-0.25, -0.2) is 0 Å². The third-order valence-electron chi connectivity index (χ3n) is 3.73. The Kier molecular flexibility index (Phi) is 4.42. The maximum absolute atomic E-state index is 6.21. The minimum atomic E-state index is 0.360. The van der Waals surface area contributed by atoms with E-state index in [1.807, 2.05) is 16.9 Å². The molecule has 1 saturated carbocycles. The third-order valence-corrected chi connectivity index (χ3v) is 3.73. The normalized spacial score (nSPS) is 25.5. The van der Waals surface area contributed by atoms with Crippen molar-refractivity contribution < 1.29 is 0 Å². The van der Waals surface area contributed by atoms with Crippen LogP contribution >= 0.6 is 0 Å². The van der Waals surface area contributed by atoms with Crippen molar-refractivity contribution in [1.29, 1.82) is 0 Å². The molecule has 1 fully saturated rings. The van der Waals surface area contributed by atoms with E-state index >= 15 is 0 Å². The Morgan fingerprint density at radius 2 is 2.24 bits per heavy atom. The first-order valence-electron chi connectivity index (χ1n) is 6.82. The van der Waals surface area contributed by atoms with Crippen LogP contribution in [0.2, 0.25) is 0 Å². The highest BCUT2D eigenvalue weighted by Crippen LogP contribution is 2.22. The van der Waals surface area contributed by atoms with E-state index in [0.717, 1.165) is 18.9 Å². The summed E-state index contributed by atoms with van der Waals surface area (Å²) in [6.45, 7) is 3.98. The molecule has 2 atom stereocenters. The number of aromatic nitrogens is 2. The van der Waals surface area contributed by atoms with Gasteiger partial charge in [0.1, 0.15) is 5.82 Å². The van der Waals surface area contributed by atoms with Crippen molar-refractivity contribution >= 4 is 5.82 Å². The first kappa shape index (κ1) is 12.4. The lowest BCUT2D eigenvalue weighted by molar-refractivity contribution is 0.416. The number of rotatable bonds is 4. The SMILES string of the molecule is CCn1ccc(NCC2CCCCCC2N)n1. The molecule has 3 N–H and O–H groups in total. The van der Waals surface area contributed by atoms with E-state index in [2.05, 4.69) is 17.3 Å². The molecule has 1 aliphatic rings. The van der Waals surface area contributed by atoms with E-state index in [9.17, 15) is 0 Å². The minimum Gasteiger partial charge on any atom is -0.368 e. The summed E-state index contributed by atoms with van der Waals surface area (Å²) in [5, 5.41) is 7.84. The third kappa shape index (κ3) is 3.46. The van der Waals surface area contributed by atoms with Gasteiger partial charge >= 0.3 is 0 Å². The van der Waals surface area contributed by atoms with Crippen LogP contribution < -0.4 is 11.1 Å². The molecule has 1 heterocycles. The molecule has 0 radical (unpaired) electrons. The molecular formula is C13H24N4. The average Bonchev–Trinajstić information content (AvgIpc) is 2.70. The number of hydrogen-bond acceptors (Lipinski definition) is 3. The number of anilines is 1. The topological polar surface area (TPSA) is 55.9 Å². The summed E-state index contributed by atoms with van der Waals surface area (Å²) in [5.41, 5.74) is 6.21. The highest BCUT2D eigenvalue weighted by molar-refractivity contribution is 5.32. The molecule has 4 heteroatoms. The maximum Gasteiger partial charge on any atom is 0.147 e.